The molecule has 1 saturated heterocycles. The van der Waals surface area contributed by atoms with Gasteiger partial charge >= 0.3 is 0 Å². The van der Waals surface area contributed by atoms with Crippen molar-refractivity contribution in [3.63, 3.8) is 0 Å². The minimum atomic E-state index is -0.0788. The molecule has 1 atom stereocenters. The fraction of sp³-hybridized carbons (Fsp3) is 0.417. The van der Waals surface area contributed by atoms with Crippen LogP contribution in [0.25, 0.3) is 10.1 Å². The number of nitrogens with one attached hydrogen (secondary N) is 1. The van der Waals surface area contributed by atoms with Crippen molar-refractivity contribution >= 4 is 33.2 Å². The van der Waals surface area contributed by atoms with Crippen molar-refractivity contribution in [3.05, 3.63) is 58.5 Å². The third-order valence-electron chi connectivity index (χ3n) is 5.65. The first-order chi connectivity index (χ1) is 14.9. The lowest BCUT2D eigenvalue weighted by atomic mass is 9.93. The van der Waals surface area contributed by atoms with Crippen LogP contribution in [0.3, 0.4) is 0 Å². The van der Waals surface area contributed by atoms with Crippen molar-refractivity contribution in [2.24, 2.45) is 0 Å². The highest BCUT2D eigenvalue weighted by molar-refractivity contribution is 7.21. The topological polar surface area (TPSA) is 75.2 Å². The number of carbonyl (C=O) groups excluding carboxylic acids is 2. The van der Waals surface area contributed by atoms with Crippen LogP contribution in [0.15, 0.2) is 36.7 Å². The maximum Gasteiger partial charge on any atom is 0.274 e. The SMILES string of the molecule is Cc1cnc(C(=O)N2CCCC[C@@H]2Cc2c(C(=O)NC(C)C)sc3ccccc23)cn1. The second kappa shape index (κ2) is 9.14. The first-order valence-corrected chi connectivity index (χ1v) is 11.7. The molecule has 7 heteroatoms. The number of fused-ring (bicyclic) bond motifs is 1. The van der Waals surface area contributed by atoms with Gasteiger partial charge in [0, 0.05) is 29.5 Å². The molecule has 3 aromatic rings. The van der Waals surface area contributed by atoms with Gasteiger partial charge in [-0.25, -0.2) is 4.98 Å². The maximum atomic E-state index is 13.2. The van der Waals surface area contributed by atoms with E-state index in [1.54, 1.807) is 12.4 Å². The highest BCUT2D eigenvalue weighted by Gasteiger charge is 2.31. The average Bonchev–Trinajstić information content (AvgIpc) is 3.12. The quantitative estimate of drug-likeness (QED) is 0.644. The Balaban J connectivity index is 1.67. The molecule has 31 heavy (non-hydrogen) atoms. The molecule has 0 radical (unpaired) electrons. The minimum Gasteiger partial charge on any atom is -0.349 e. The lowest BCUT2D eigenvalue weighted by Crippen LogP contribution is -2.45. The monoisotopic (exact) mass is 436 g/mol. The van der Waals surface area contributed by atoms with Crippen molar-refractivity contribution < 1.29 is 9.59 Å². The molecule has 1 aliphatic heterocycles. The summed E-state index contributed by atoms with van der Waals surface area (Å²) in [6, 6.07) is 8.24. The van der Waals surface area contributed by atoms with E-state index >= 15 is 0 Å². The van der Waals surface area contributed by atoms with Gasteiger partial charge in [-0.3, -0.25) is 14.6 Å². The van der Waals surface area contributed by atoms with Crippen LogP contribution < -0.4 is 5.32 Å². The summed E-state index contributed by atoms with van der Waals surface area (Å²) in [6.45, 7) is 6.50. The van der Waals surface area contributed by atoms with Crippen LogP contribution in [-0.4, -0.2) is 45.3 Å². The maximum absolute atomic E-state index is 13.2. The number of likely N-dealkylation sites (tertiary alicyclic amines) is 1. The van der Waals surface area contributed by atoms with Gasteiger partial charge in [0.05, 0.1) is 16.8 Å². The Bertz CT molecular complexity index is 1090. The van der Waals surface area contributed by atoms with Crippen LogP contribution in [0.1, 0.15) is 64.5 Å². The number of nitrogens with zero attached hydrogens (tertiary/aromatic N) is 3. The number of aryl methyl sites for hydroxylation is 1. The molecule has 0 unspecified atom stereocenters. The van der Waals surface area contributed by atoms with Crippen molar-refractivity contribution in [1.29, 1.82) is 0 Å². The zero-order valence-electron chi connectivity index (χ0n) is 18.2. The Kier molecular flexibility index (Phi) is 6.32. The first kappa shape index (κ1) is 21.4. The Labute approximate surface area is 186 Å². The lowest BCUT2D eigenvalue weighted by Gasteiger charge is -2.35. The molecule has 6 nitrogen and oxygen atoms in total. The minimum absolute atomic E-state index is 0.0351. The van der Waals surface area contributed by atoms with E-state index in [4.69, 9.17) is 0 Å². The van der Waals surface area contributed by atoms with Crippen molar-refractivity contribution in [3.8, 4) is 0 Å². The third-order valence-corrected chi connectivity index (χ3v) is 6.86. The van der Waals surface area contributed by atoms with Crippen LogP contribution in [0.4, 0.5) is 0 Å². The number of piperidine rings is 1. The largest absolute Gasteiger partial charge is 0.349 e. The van der Waals surface area contributed by atoms with Crippen molar-refractivity contribution in [1.82, 2.24) is 20.2 Å². The molecule has 2 aromatic heterocycles. The predicted molar refractivity (Wildman–Crippen MR) is 124 cm³/mol. The van der Waals surface area contributed by atoms with Crippen molar-refractivity contribution in [2.75, 3.05) is 6.54 Å². The fourth-order valence-corrected chi connectivity index (χ4v) is 5.31. The average molecular weight is 437 g/mol. The van der Waals surface area contributed by atoms with E-state index < -0.39 is 0 Å². The normalized spacial score (nSPS) is 16.6. The standard InChI is InChI=1S/C24H28N4O2S/c1-15(2)27-23(29)22-19(18-9-4-5-10-21(18)31-22)12-17-8-6-7-11-28(17)24(30)20-14-25-16(3)13-26-20/h4-5,9-10,13-15,17H,6-8,11-12H2,1-3H3,(H,27,29)/t17-/m1/s1. The van der Waals surface area contributed by atoms with Gasteiger partial charge in [0.1, 0.15) is 5.69 Å². The van der Waals surface area contributed by atoms with E-state index in [1.807, 2.05) is 37.8 Å². The summed E-state index contributed by atoms with van der Waals surface area (Å²) in [5.74, 6) is -0.116. The first-order valence-electron chi connectivity index (χ1n) is 10.8. The number of carbonyl (C=O) groups is 2. The van der Waals surface area contributed by atoms with Crippen LogP contribution in [0.5, 0.6) is 0 Å². The second-order valence-corrected chi connectivity index (χ2v) is 9.48. The van der Waals surface area contributed by atoms with Gasteiger partial charge in [-0.15, -0.1) is 11.3 Å². The zero-order chi connectivity index (χ0) is 22.0. The molecular formula is C24H28N4O2S. The molecular weight excluding hydrogens is 408 g/mol. The zero-order valence-corrected chi connectivity index (χ0v) is 19.0. The molecule has 1 aliphatic rings. The van der Waals surface area contributed by atoms with Crippen LogP contribution in [0, 0.1) is 6.92 Å². The third kappa shape index (κ3) is 4.61. The second-order valence-electron chi connectivity index (χ2n) is 8.43. The molecule has 0 bridgehead atoms. The van der Waals surface area contributed by atoms with E-state index in [-0.39, 0.29) is 23.9 Å². The molecule has 1 fully saturated rings. The van der Waals surface area contributed by atoms with Crippen molar-refractivity contribution in [2.45, 2.75) is 58.5 Å². The molecule has 1 aromatic carbocycles. The molecule has 0 aliphatic carbocycles. The molecule has 4 rings (SSSR count). The van der Waals surface area contributed by atoms with Crippen LogP contribution in [0.2, 0.25) is 0 Å². The number of aromatic nitrogens is 2. The summed E-state index contributed by atoms with van der Waals surface area (Å²) in [5, 5.41) is 4.14. The van der Waals surface area contributed by atoms with E-state index in [1.165, 1.54) is 11.3 Å². The smallest absolute Gasteiger partial charge is 0.274 e. The Hall–Kier alpha value is -2.80. The molecule has 3 heterocycles. The molecule has 0 saturated carbocycles. The summed E-state index contributed by atoms with van der Waals surface area (Å²) in [6.07, 6.45) is 6.82. The van der Waals surface area contributed by atoms with Gasteiger partial charge in [0.25, 0.3) is 11.8 Å². The number of thiophene rings is 1. The van der Waals surface area contributed by atoms with Gasteiger partial charge in [0.15, 0.2) is 0 Å². The van der Waals surface area contributed by atoms with Crippen LogP contribution in [-0.2, 0) is 6.42 Å². The van der Waals surface area contributed by atoms with Gasteiger partial charge in [-0.05, 0) is 63.5 Å². The van der Waals surface area contributed by atoms with Crippen LogP contribution >= 0.6 is 11.3 Å². The summed E-state index contributed by atoms with van der Waals surface area (Å²) < 4.78 is 1.10. The Morgan fingerprint density at radius 3 is 2.74 bits per heavy atom. The fourth-order valence-electron chi connectivity index (χ4n) is 4.18. The van der Waals surface area contributed by atoms with E-state index in [0.717, 1.165) is 45.5 Å². The van der Waals surface area contributed by atoms with E-state index in [0.29, 0.717) is 18.7 Å². The number of hydrogen-bond acceptors (Lipinski definition) is 5. The highest BCUT2D eigenvalue weighted by atomic mass is 32.1. The number of benzene rings is 1. The summed E-state index contributed by atoms with van der Waals surface area (Å²) in [4.78, 5) is 37.4. The summed E-state index contributed by atoms with van der Waals surface area (Å²) >= 11 is 1.53. The number of rotatable bonds is 5. The molecule has 162 valence electrons. The van der Waals surface area contributed by atoms with Gasteiger partial charge in [-0.2, -0.15) is 0 Å². The predicted octanol–water partition coefficient (Wildman–Crippen LogP) is 4.38. The summed E-state index contributed by atoms with van der Waals surface area (Å²) in [5.41, 5.74) is 2.21. The van der Waals surface area contributed by atoms with Gasteiger partial charge in [-0.1, -0.05) is 18.2 Å². The highest BCUT2D eigenvalue weighted by Crippen LogP contribution is 2.34. The number of amides is 2. The molecule has 1 N–H and O–H groups in total. The van der Waals surface area contributed by atoms with Gasteiger partial charge < -0.3 is 10.2 Å². The Morgan fingerprint density at radius 1 is 1.19 bits per heavy atom. The van der Waals surface area contributed by atoms with E-state index in [2.05, 4.69) is 27.4 Å². The molecule has 0 spiro atoms. The summed E-state index contributed by atoms with van der Waals surface area (Å²) in [7, 11) is 0. The lowest BCUT2D eigenvalue weighted by molar-refractivity contribution is 0.0607. The number of hydrogen-bond donors (Lipinski definition) is 1. The molecule has 2 amide bonds. The Morgan fingerprint density at radius 2 is 2.00 bits per heavy atom. The van der Waals surface area contributed by atoms with Gasteiger partial charge in [0.2, 0.25) is 0 Å². The van der Waals surface area contributed by atoms with E-state index in [9.17, 15) is 9.59 Å².